The van der Waals surface area contributed by atoms with E-state index in [-0.39, 0.29) is 0 Å². The average Bonchev–Trinajstić information content (AvgIpc) is 2.27. The van der Waals surface area contributed by atoms with Crippen LogP contribution < -0.4 is 5.32 Å². The lowest BCUT2D eigenvalue weighted by Gasteiger charge is -2.43. The summed E-state index contributed by atoms with van der Waals surface area (Å²) in [4.78, 5) is 0. The quantitative estimate of drug-likeness (QED) is 0.880. The maximum atomic E-state index is 5.32. The largest absolute Gasteiger partial charge is 0.381 e. The number of methoxy groups -OCH3 is 1. The number of hydrogen-bond acceptors (Lipinski definition) is 2. The normalized spacial score (nSPS) is 34.8. The summed E-state index contributed by atoms with van der Waals surface area (Å²) < 4.78 is 5.32. The fourth-order valence-electron chi connectivity index (χ4n) is 3.28. The molecule has 0 atom stereocenters. The maximum Gasteiger partial charge on any atom is 0.0601 e. The average molecular weight is 245 g/mol. The van der Waals surface area contributed by atoms with Crippen LogP contribution in [0.3, 0.4) is 0 Å². The number of nitrogens with one attached hydrogen (secondary N) is 1. The van der Waals surface area contributed by atoms with Crippen LogP contribution in [0.25, 0.3) is 0 Å². The summed E-state index contributed by atoms with van der Waals surface area (Å²) in [6.07, 6.45) is 5.51. The zero-order valence-corrected chi connectivity index (χ0v) is 11.4. The Labute approximate surface area is 110 Å². The van der Waals surface area contributed by atoms with E-state index in [1.165, 1.54) is 31.2 Å². The van der Waals surface area contributed by atoms with Crippen molar-refractivity contribution in [2.24, 2.45) is 0 Å². The number of ether oxygens (including phenoxy) is 1. The van der Waals surface area contributed by atoms with Gasteiger partial charge < -0.3 is 10.1 Å². The Bertz CT molecular complexity index is 405. The molecule has 0 aromatic heterocycles. The molecule has 18 heavy (non-hydrogen) atoms. The molecule has 0 radical (unpaired) electrons. The Hall–Kier alpha value is -0.860. The molecule has 0 saturated heterocycles. The summed E-state index contributed by atoms with van der Waals surface area (Å²) in [6.45, 7) is 2.23. The molecule has 1 aromatic rings. The van der Waals surface area contributed by atoms with Crippen LogP contribution in [0.4, 0.5) is 0 Å². The molecule has 2 heteroatoms. The zero-order valence-electron chi connectivity index (χ0n) is 11.4. The van der Waals surface area contributed by atoms with Crippen LogP contribution in [0.1, 0.15) is 42.7 Å². The number of benzene rings is 1. The van der Waals surface area contributed by atoms with Gasteiger partial charge in [0.1, 0.15) is 0 Å². The second-order valence-electron chi connectivity index (χ2n) is 5.91. The molecule has 0 spiro atoms. The van der Waals surface area contributed by atoms with Crippen molar-refractivity contribution < 1.29 is 4.74 Å². The predicted octanol–water partition coefficient (Wildman–Crippen LogP) is 3.01. The van der Waals surface area contributed by atoms with Crippen LogP contribution >= 0.6 is 0 Å². The molecule has 0 unspecified atom stereocenters. The highest BCUT2D eigenvalue weighted by atomic mass is 16.5. The zero-order chi connectivity index (χ0) is 12.5. The predicted molar refractivity (Wildman–Crippen MR) is 73.9 cm³/mol. The molecule has 1 aromatic carbocycles. The van der Waals surface area contributed by atoms with Crippen LogP contribution in [-0.4, -0.2) is 25.3 Å². The van der Waals surface area contributed by atoms with E-state index in [4.69, 9.17) is 4.74 Å². The Morgan fingerprint density at radius 2 is 1.72 bits per heavy atom. The SMILES string of the molecule is COC1CC(NC2CC(c3ccccc3C)C2)C1. The minimum Gasteiger partial charge on any atom is -0.381 e. The second-order valence-corrected chi connectivity index (χ2v) is 5.91. The van der Waals surface area contributed by atoms with E-state index >= 15 is 0 Å². The van der Waals surface area contributed by atoms with Gasteiger partial charge in [0.25, 0.3) is 0 Å². The second kappa shape index (κ2) is 5.02. The molecule has 3 rings (SSSR count). The number of rotatable bonds is 4. The lowest BCUT2D eigenvalue weighted by Crippen LogP contribution is -2.52. The lowest BCUT2D eigenvalue weighted by atomic mass is 9.73. The van der Waals surface area contributed by atoms with E-state index in [2.05, 4.69) is 36.5 Å². The standard InChI is InChI=1S/C16H23NO/c1-11-5-3-4-6-16(11)12-7-13(8-12)17-14-9-15(10-14)18-2/h3-6,12-15,17H,7-10H2,1-2H3. The molecule has 0 heterocycles. The first-order valence-corrected chi connectivity index (χ1v) is 7.10. The molecule has 0 bridgehead atoms. The van der Waals surface area contributed by atoms with E-state index in [0.717, 1.165) is 12.0 Å². The van der Waals surface area contributed by atoms with Crippen LogP contribution in [0, 0.1) is 6.92 Å². The van der Waals surface area contributed by atoms with E-state index in [1.807, 2.05) is 7.11 Å². The van der Waals surface area contributed by atoms with Crippen LogP contribution in [0.5, 0.6) is 0 Å². The Morgan fingerprint density at radius 1 is 1.06 bits per heavy atom. The smallest absolute Gasteiger partial charge is 0.0601 e. The first-order valence-electron chi connectivity index (χ1n) is 7.10. The minimum absolute atomic E-state index is 0.509. The van der Waals surface area contributed by atoms with Gasteiger partial charge in [0.05, 0.1) is 6.10 Å². The Morgan fingerprint density at radius 3 is 2.39 bits per heavy atom. The lowest BCUT2D eigenvalue weighted by molar-refractivity contribution is 0.00998. The molecule has 1 N–H and O–H groups in total. The van der Waals surface area contributed by atoms with Gasteiger partial charge in [0, 0.05) is 19.2 Å². The van der Waals surface area contributed by atoms with Crippen LogP contribution in [0.2, 0.25) is 0 Å². The molecule has 2 nitrogen and oxygen atoms in total. The first kappa shape index (κ1) is 12.2. The van der Waals surface area contributed by atoms with Crippen molar-refractivity contribution in [2.45, 2.75) is 56.7 Å². The van der Waals surface area contributed by atoms with Gasteiger partial charge in [0.2, 0.25) is 0 Å². The molecule has 2 fully saturated rings. The van der Waals surface area contributed by atoms with Crippen molar-refractivity contribution >= 4 is 0 Å². The monoisotopic (exact) mass is 245 g/mol. The first-order chi connectivity index (χ1) is 8.76. The highest BCUT2D eigenvalue weighted by Gasteiger charge is 2.36. The number of aryl methyl sites for hydroxylation is 1. The third kappa shape index (κ3) is 2.32. The summed E-state index contributed by atoms with van der Waals surface area (Å²) in [5.74, 6) is 0.780. The summed E-state index contributed by atoms with van der Waals surface area (Å²) in [6, 6.07) is 10.3. The van der Waals surface area contributed by atoms with Crippen molar-refractivity contribution in [1.29, 1.82) is 0 Å². The number of hydrogen-bond donors (Lipinski definition) is 1. The minimum atomic E-state index is 0.509. The van der Waals surface area contributed by atoms with Gasteiger partial charge in [-0.05, 0) is 49.7 Å². The molecule has 98 valence electrons. The van der Waals surface area contributed by atoms with Gasteiger partial charge in [-0.3, -0.25) is 0 Å². The van der Waals surface area contributed by atoms with Gasteiger partial charge in [0.15, 0.2) is 0 Å². The summed E-state index contributed by atoms with van der Waals surface area (Å²) >= 11 is 0. The fourth-order valence-corrected chi connectivity index (χ4v) is 3.28. The van der Waals surface area contributed by atoms with Gasteiger partial charge in [-0.25, -0.2) is 0 Å². The van der Waals surface area contributed by atoms with Crippen molar-refractivity contribution in [2.75, 3.05) is 7.11 Å². The van der Waals surface area contributed by atoms with E-state index in [1.54, 1.807) is 5.56 Å². The molecular formula is C16H23NO. The van der Waals surface area contributed by atoms with Gasteiger partial charge in [-0.2, -0.15) is 0 Å². The van der Waals surface area contributed by atoms with Crippen molar-refractivity contribution in [1.82, 2.24) is 5.32 Å². The fraction of sp³-hybridized carbons (Fsp3) is 0.625. The van der Waals surface area contributed by atoms with Crippen LogP contribution in [-0.2, 0) is 4.74 Å². The third-order valence-corrected chi connectivity index (χ3v) is 4.67. The van der Waals surface area contributed by atoms with E-state index < -0.39 is 0 Å². The third-order valence-electron chi connectivity index (χ3n) is 4.67. The summed E-state index contributed by atoms with van der Waals surface area (Å²) in [7, 11) is 1.82. The van der Waals surface area contributed by atoms with Crippen molar-refractivity contribution in [3.8, 4) is 0 Å². The highest BCUT2D eigenvalue weighted by Crippen LogP contribution is 2.39. The molecular weight excluding hydrogens is 222 g/mol. The maximum absolute atomic E-state index is 5.32. The van der Waals surface area contributed by atoms with Crippen molar-refractivity contribution in [3.05, 3.63) is 35.4 Å². The summed E-state index contributed by atoms with van der Waals surface area (Å²) in [5, 5.41) is 3.76. The van der Waals surface area contributed by atoms with Crippen LogP contribution in [0.15, 0.2) is 24.3 Å². The van der Waals surface area contributed by atoms with Crippen molar-refractivity contribution in [3.63, 3.8) is 0 Å². The molecule has 0 amide bonds. The highest BCUT2D eigenvalue weighted by molar-refractivity contribution is 5.31. The van der Waals surface area contributed by atoms with E-state index in [0.29, 0.717) is 12.1 Å². The molecule has 2 aliphatic rings. The van der Waals surface area contributed by atoms with Gasteiger partial charge in [-0.15, -0.1) is 0 Å². The summed E-state index contributed by atoms with van der Waals surface area (Å²) in [5.41, 5.74) is 3.00. The Kier molecular flexibility index (Phi) is 3.40. The Balaban J connectivity index is 1.45. The topological polar surface area (TPSA) is 21.3 Å². The van der Waals surface area contributed by atoms with Gasteiger partial charge >= 0.3 is 0 Å². The van der Waals surface area contributed by atoms with Gasteiger partial charge in [-0.1, -0.05) is 24.3 Å². The molecule has 2 saturated carbocycles. The molecule has 0 aliphatic heterocycles. The molecule has 2 aliphatic carbocycles. The van der Waals surface area contributed by atoms with E-state index in [9.17, 15) is 0 Å².